The second kappa shape index (κ2) is 6.03. The number of carboxylic acid groups (broad SMARTS) is 1. The maximum absolute atomic E-state index is 12.0. The van der Waals surface area contributed by atoms with E-state index < -0.39 is 11.9 Å². The molecule has 104 valence electrons. The number of nitriles is 1. The van der Waals surface area contributed by atoms with E-state index in [-0.39, 0.29) is 16.4 Å². The quantitative estimate of drug-likeness (QED) is 0.906. The molecule has 2 aromatic rings. The Morgan fingerprint density at radius 2 is 1.95 bits per heavy atom. The highest BCUT2D eigenvalue weighted by atomic mass is 35.5. The van der Waals surface area contributed by atoms with Crippen LogP contribution in [0.4, 0.5) is 5.69 Å². The van der Waals surface area contributed by atoms with Crippen LogP contribution in [-0.2, 0) is 0 Å². The number of halogens is 1. The molecule has 6 nitrogen and oxygen atoms in total. The molecular formula is C14H8ClN3O3. The van der Waals surface area contributed by atoms with Gasteiger partial charge in [-0.2, -0.15) is 5.26 Å². The maximum Gasteiger partial charge on any atom is 0.354 e. The Labute approximate surface area is 124 Å². The van der Waals surface area contributed by atoms with Gasteiger partial charge in [0, 0.05) is 5.69 Å². The first kappa shape index (κ1) is 14.5. The van der Waals surface area contributed by atoms with Gasteiger partial charge in [0.1, 0.15) is 17.5 Å². The molecule has 0 bridgehead atoms. The third-order valence-electron chi connectivity index (χ3n) is 2.55. The number of aromatic carboxylic acids is 1. The zero-order valence-corrected chi connectivity index (χ0v) is 11.3. The van der Waals surface area contributed by atoms with Gasteiger partial charge in [-0.05, 0) is 30.3 Å². The highest BCUT2D eigenvalue weighted by molar-refractivity contribution is 6.32. The van der Waals surface area contributed by atoms with E-state index in [1.165, 1.54) is 36.4 Å². The van der Waals surface area contributed by atoms with Gasteiger partial charge in [0.15, 0.2) is 0 Å². The van der Waals surface area contributed by atoms with E-state index in [4.69, 9.17) is 22.0 Å². The van der Waals surface area contributed by atoms with Crippen molar-refractivity contribution >= 4 is 29.2 Å². The minimum Gasteiger partial charge on any atom is -0.477 e. The van der Waals surface area contributed by atoms with Crippen molar-refractivity contribution in [1.29, 1.82) is 5.26 Å². The maximum atomic E-state index is 12.0. The molecule has 0 aliphatic heterocycles. The largest absolute Gasteiger partial charge is 0.477 e. The van der Waals surface area contributed by atoms with Gasteiger partial charge >= 0.3 is 5.97 Å². The number of aromatic nitrogens is 1. The molecule has 2 rings (SSSR count). The number of nitrogens with one attached hydrogen (secondary N) is 1. The molecule has 0 unspecified atom stereocenters. The summed E-state index contributed by atoms with van der Waals surface area (Å²) in [7, 11) is 0. The Hall–Kier alpha value is -2.91. The molecule has 0 atom stereocenters. The summed E-state index contributed by atoms with van der Waals surface area (Å²) in [6, 6.07) is 10.4. The van der Waals surface area contributed by atoms with Crippen molar-refractivity contribution in [2.24, 2.45) is 0 Å². The first-order valence-corrected chi connectivity index (χ1v) is 6.10. The zero-order valence-electron chi connectivity index (χ0n) is 10.5. The van der Waals surface area contributed by atoms with E-state index in [0.29, 0.717) is 11.3 Å². The fourth-order valence-corrected chi connectivity index (χ4v) is 1.78. The minimum atomic E-state index is -1.22. The summed E-state index contributed by atoms with van der Waals surface area (Å²) in [4.78, 5) is 26.5. The molecule has 7 heteroatoms. The van der Waals surface area contributed by atoms with Crippen molar-refractivity contribution < 1.29 is 14.7 Å². The van der Waals surface area contributed by atoms with Gasteiger partial charge < -0.3 is 10.4 Å². The SMILES string of the molecule is N#Cc1ccc(NC(=O)c2cccc(C(=O)O)n2)cc1Cl. The van der Waals surface area contributed by atoms with E-state index in [1.54, 1.807) is 0 Å². The van der Waals surface area contributed by atoms with E-state index in [9.17, 15) is 9.59 Å². The molecule has 0 radical (unpaired) electrons. The van der Waals surface area contributed by atoms with Crippen LogP contribution < -0.4 is 5.32 Å². The van der Waals surface area contributed by atoms with Crippen LogP contribution in [0.5, 0.6) is 0 Å². The molecule has 0 aliphatic rings. The average Bonchev–Trinajstić information content (AvgIpc) is 2.47. The smallest absolute Gasteiger partial charge is 0.354 e. The van der Waals surface area contributed by atoms with Gasteiger partial charge in [0.05, 0.1) is 10.6 Å². The summed E-state index contributed by atoms with van der Waals surface area (Å²) in [6.45, 7) is 0. The molecule has 1 amide bonds. The van der Waals surface area contributed by atoms with E-state index in [0.717, 1.165) is 0 Å². The normalized spacial score (nSPS) is 9.71. The number of hydrogen-bond donors (Lipinski definition) is 2. The van der Waals surface area contributed by atoms with Crippen LogP contribution in [-0.4, -0.2) is 22.0 Å². The number of carbonyl (C=O) groups is 2. The summed E-state index contributed by atoms with van der Waals surface area (Å²) in [5.74, 6) is -1.79. The lowest BCUT2D eigenvalue weighted by Crippen LogP contribution is -2.15. The molecule has 21 heavy (non-hydrogen) atoms. The van der Waals surface area contributed by atoms with E-state index >= 15 is 0 Å². The third kappa shape index (κ3) is 3.35. The van der Waals surface area contributed by atoms with Gasteiger partial charge in [-0.3, -0.25) is 4.79 Å². The first-order valence-electron chi connectivity index (χ1n) is 5.72. The first-order chi connectivity index (χ1) is 10.0. The van der Waals surface area contributed by atoms with Crippen LogP contribution in [0, 0.1) is 11.3 Å². The fraction of sp³-hybridized carbons (Fsp3) is 0. The second-order valence-electron chi connectivity index (χ2n) is 3.97. The number of pyridine rings is 1. The van der Waals surface area contributed by atoms with Gasteiger partial charge in [-0.15, -0.1) is 0 Å². The predicted molar refractivity (Wildman–Crippen MR) is 75.3 cm³/mol. The molecule has 1 heterocycles. The van der Waals surface area contributed by atoms with Gasteiger partial charge in [-0.1, -0.05) is 17.7 Å². The topological polar surface area (TPSA) is 103 Å². The number of carbonyl (C=O) groups excluding carboxylic acids is 1. The van der Waals surface area contributed by atoms with Gasteiger partial charge in [0.25, 0.3) is 5.91 Å². The van der Waals surface area contributed by atoms with Crippen LogP contribution >= 0.6 is 11.6 Å². The van der Waals surface area contributed by atoms with Crippen LogP contribution in [0.15, 0.2) is 36.4 Å². The number of nitrogens with zero attached hydrogens (tertiary/aromatic N) is 2. The summed E-state index contributed by atoms with van der Waals surface area (Å²) in [5, 5.41) is 20.3. The van der Waals surface area contributed by atoms with Crippen molar-refractivity contribution in [2.45, 2.75) is 0 Å². The summed E-state index contributed by atoms with van der Waals surface area (Å²) in [6.07, 6.45) is 0. The molecule has 0 saturated heterocycles. The average molecular weight is 302 g/mol. The number of amides is 1. The lowest BCUT2D eigenvalue weighted by atomic mass is 10.2. The van der Waals surface area contributed by atoms with Crippen LogP contribution in [0.1, 0.15) is 26.5 Å². The number of anilines is 1. The highest BCUT2D eigenvalue weighted by Crippen LogP contribution is 2.20. The van der Waals surface area contributed by atoms with E-state index in [1.807, 2.05) is 6.07 Å². The highest BCUT2D eigenvalue weighted by Gasteiger charge is 2.12. The van der Waals surface area contributed by atoms with Crippen molar-refractivity contribution in [1.82, 2.24) is 4.98 Å². The molecule has 1 aromatic carbocycles. The van der Waals surface area contributed by atoms with E-state index in [2.05, 4.69) is 10.3 Å². The summed E-state index contributed by atoms with van der Waals surface area (Å²) in [5.41, 5.74) is 0.420. The lowest BCUT2D eigenvalue weighted by molar-refractivity contribution is 0.0690. The Bertz CT molecular complexity index is 768. The minimum absolute atomic E-state index is 0.0321. The molecule has 2 N–H and O–H groups in total. The molecule has 0 fully saturated rings. The van der Waals surface area contributed by atoms with Crippen LogP contribution in [0.25, 0.3) is 0 Å². The molecule has 1 aromatic heterocycles. The standard InChI is InChI=1S/C14H8ClN3O3/c15-10-6-9(5-4-8(10)7-16)17-13(19)11-2-1-3-12(18-11)14(20)21/h1-6H,(H,17,19)(H,20,21). The Kier molecular flexibility index (Phi) is 4.16. The van der Waals surface area contributed by atoms with Crippen molar-refractivity contribution in [2.75, 3.05) is 5.32 Å². The molecule has 0 aliphatic carbocycles. The van der Waals surface area contributed by atoms with Gasteiger partial charge in [-0.25, -0.2) is 9.78 Å². The Morgan fingerprint density at radius 3 is 2.57 bits per heavy atom. The van der Waals surface area contributed by atoms with Crippen molar-refractivity contribution in [3.8, 4) is 6.07 Å². The summed E-state index contributed by atoms with van der Waals surface area (Å²) >= 11 is 5.86. The fourth-order valence-electron chi connectivity index (χ4n) is 1.56. The monoisotopic (exact) mass is 301 g/mol. The zero-order chi connectivity index (χ0) is 15.4. The molecule has 0 spiro atoms. The predicted octanol–water partition coefficient (Wildman–Crippen LogP) is 2.56. The van der Waals surface area contributed by atoms with Crippen LogP contribution in [0.3, 0.4) is 0 Å². The Morgan fingerprint density at radius 1 is 1.24 bits per heavy atom. The second-order valence-corrected chi connectivity index (χ2v) is 4.38. The van der Waals surface area contributed by atoms with Crippen molar-refractivity contribution in [3.05, 3.63) is 58.4 Å². The number of rotatable bonds is 3. The molecule has 0 saturated carbocycles. The third-order valence-corrected chi connectivity index (χ3v) is 2.86. The lowest BCUT2D eigenvalue weighted by Gasteiger charge is -2.06. The summed E-state index contributed by atoms with van der Waals surface area (Å²) < 4.78 is 0. The Balaban J connectivity index is 2.22. The number of benzene rings is 1. The number of hydrogen-bond acceptors (Lipinski definition) is 4. The van der Waals surface area contributed by atoms with Crippen molar-refractivity contribution in [3.63, 3.8) is 0 Å². The molecular weight excluding hydrogens is 294 g/mol. The van der Waals surface area contributed by atoms with Crippen LogP contribution in [0.2, 0.25) is 5.02 Å². The van der Waals surface area contributed by atoms with Gasteiger partial charge in [0.2, 0.25) is 0 Å². The number of carboxylic acids is 1.